The minimum Gasteiger partial charge on any atom is -0.876 e. The van der Waals surface area contributed by atoms with Crippen molar-refractivity contribution in [2.45, 2.75) is 0 Å². The molecule has 0 heterocycles. The molecule has 0 atom stereocenters. The normalized spacial score (nSPS) is 4.80. The van der Waals surface area contributed by atoms with E-state index in [0.717, 1.165) is 0 Å². The van der Waals surface area contributed by atoms with Crippen LogP contribution in [-0.2, 0) is 13.5 Å². The van der Waals surface area contributed by atoms with Crippen LogP contribution in [0.5, 0.6) is 0 Å². The van der Waals surface area contributed by atoms with E-state index in [4.69, 9.17) is 10.2 Å². The van der Waals surface area contributed by atoms with Crippen molar-refractivity contribution in [3.63, 3.8) is 0 Å². The lowest BCUT2D eigenvalue weighted by atomic mass is 11.5. The fourth-order valence-electron chi connectivity index (χ4n) is 0. The highest BCUT2D eigenvalue weighted by Gasteiger charge is 2.00. The van der Waals surface area contributed by atoms with Gasteiger partial charge in [0.15, 0.2) is 0 Å². The molecule has 0 spiro atoms. The third-order valence-electron chi connectivity index (χ3n) is 0. The predicted octanol–water partition coefficient (Wildman–Crippen LogP) is -2.01. The van der Waals surface area contributed by atoms with Crippen LogP contribution in [-0.4, -0.2) is 5.24 Å². The van der Waals surface area contributed by atoms with Crippen molar-refractivity contribution in [3.8, 4) is 0 Å². The summed E-state index contributed by atoms with van der Waals surface area (Å²) in [6, 6.07) is 0. The minimum atomic E-state index is -1.50. The standard InChI is InChI=1S/CH2O2S.S/c2-1(3)4;/h(H2,2,3,4);/q;+2/p-2. The molecule has 4 radical (unpaired) electrons. The van der Waals surface area contributed by atoms with Crippen LogP contribution in [0.15, 0.2) is 0 Å². The van der Waals surface area contributed by atoms with Gasteiger partial charge < -0.3 is 10.2 Å². The molecule has 0 aromatic heterocycles. The summed E-state index contributed by atoms with van der Waals surface area (Å²) >= 11 is 3.43. The Kier molecular flexibility index (Phi) is 7.19. The van der Waals surface area contributed by atoms with Gasteiger partial charge in [-0.05, 0) is 0 Å². The van der Waals surface area contributed by atoms with Crippen LogP contribution in [0.1, 0.15) is 0 Å². The number of hydrogen-bond acceptors (Lipinski definition) is 3. The smallest absolute Gasteiger partial charge is 0.876 e. The summed E-state index contributed by atoms with van der Waals surface area (Å²) in [5.41, 5.74) is 0. The molecule has 0 N–H and O–H groups in total. The van der Waals surface area contributed by atoms with Crippen molar-refractivity contribution in [2.24, 2.45) is 0 Å². The SMILES string of the molecule is [O-]C([O-])=S.[S+2]. The zero-order valence-corrected chi connectivity index (χ0v) is 3.77. The van der Waals surface area contributed by atoms with Crippen LogP contribution in [0.3, 0.4) is 0 Å². The lowest BCUT2D eigenvalue weighted by Crippen LogP contribution is -2.28. The van der Waals surface area contributed by atoms with E-state index in [0.29, 0.717) is 0 Å². The Balaban J connectivity index is 0. The summed E-state index contributed by atoms with van der Waals surface area (Å²) < 4.78 is 0. The molecule has 28 valence electrons. The second-order valence-electron chi connectivity index (χ2n) is 0.250. The van der Waals surface area contributed by atoms with Crippen molar-refractivity contribution in [1.82, 2.24) is 0 Å². The van der Waals surface area contributed by atoms with Gasteiger partial charge >= 0.3 is 13.5 Å². The Bertz CT molecular complexity index is 30.6. The third-order valence-corrected chi connectivity index (χ3v) is 0. The van der Waals surface area contributed by atoms with E-state index in [9.17, 15) is 0 Å². The largest absolute Gasteiger partial charge is 2.00 e. The molecule has 0 aromatic carbocycles. The van der Waals surface area contributed by atoms with Gasteiger partial charge in [-0.2, -0.15) is 0 Å². The lowest BCUT2D eigenvalue weighted by molar-refractivity contribution is -0.375. The fourth-order valence-corrected chi connectivity index (χ4v) is 0. The van der Waals surface area contributed by atoms with Crippen molar-refractivity contribution in [1.29, 1.82) is 0 Å². The van der Waals surface area contributed by atoms with E-state index in [1.807, 2.05) is 0 Å². The van der Waals surface area contributed by atoms with Crippen LogP contribution in [0, 0.1) is 0 Å². The Morgan fingerprint density at radius 3 is 1.40 bits per heavy atom. The first-order chi connectivity index (χ1) is 1.73. The average molecular weight is 108 g/mol. The summed E-state index contributed by atoms with van der Waals surface area (Å²) in [6.07, 6.45) is 0. The lowest BCUT2D eigenvalue weighted by Gasteiger charge is -2.07. The molecule has 0 saturated carbocycles. The van der Waals surface area contributed by atoms with Gasteiger partial charge in [-0.15, -0.1) is 17.5 Å². The fraction of sp³-hybridized carbons (Fsp3) is 0. The highest BCUT2D eigenvalue weighted by atomic mass is 32.1. The molecule has 0 unspecified atom stereocenters. The van der Waals surface area contributed by atoms with Gasteiger partial charge in [0.25, 0.3) is 0 Å². The highest BCUT2D eigenvalue weighted by Crippen LogP contribution is 1.30. The Labute approximate surface area is 41.9 Å². The topological polar surface area (TPSA) is 46.1 Å². The van der Waals surface area contributed by atoms with E-state index in [-0.39, 0.29) is 13.5 Å². The molecule has 2 nitrogen and oxygen atoms in total. The predicted molar refractivity (Wildman–Crippen MR) is 20.0 cm³/mol. The van der Waals surface area contributed by atoms with E-state index in [1.54, 1.807) is 0 Å². The molecule has 0 amide bonds. The van der Waals surface area contributed by atoms with E-state index >= 15 is 0 Å². The molecule has 5 heavy (non-hydrogen) atoms. The van der Waals surface area contributed by atoms with Gasteiger partial charge in [0.05, 0.1) is 0 Å². The van der Waals surface area contributed by atoms with Crippen LogP contribution in [0.25, 0.3) is 0 Å². The van der Waals surface area contributed by atoms with E-state index < -0.39 is 5.24 Å². The summed E-state index contributed by atoms with van der Waals surface area (Å²) in [5.74, 6) is 0. The summed E-state index contributed by atoms with van der Waals surface area (Å²) in [7, 11) is 0. The van der Waals surface area contributed by atoms with Crippen LogP contribution < -0.4 is 10.2 Å². The number of rotatable bonds is 0. The molecular formula is CO2S2. The van der Waals surface area contributed by atoms with Crippen LogP contribution in [0.2, 0.25) is 0 Å². The highest BCUT2D eigenvalue weighted by molar-refractivity contribution is 7.79. The second-order valence-corrected chi connectivity index (χ2v) is 0.583. The van der Waals surface area contributed by atoms with E-state index in [1.165, 1.54) is 0 Å². The molecule has 0 aliphatic rings. The molecule has 0 rings (SSSR count). The van der Waals surface area contributed by atoms with Gasteiger partial charge in [0.1, 0.15) is 0 Å². The molecule has 0 aliphatic heterocycles. The maximum atomic E-state index is 8.70. The molecule has 0 saturated heterocycles. The van der Waals surface area contributed by atoms with Gasteiger partial charge in [-0.1, -0.05) is 0 Å². The van der Waals surface area contributed by atoms with Gasteiger partial charge in [0.2, 0.25) is 0 Å². The number of thiocarbonyl (C=S) groups is 1. The van der Waals surface area contributed by atoms with Crippen molar-refractivity contribution < 1.29 is 10.2 Å². The third kappa shape index (κ3) is 10500. The molecule has 0 aromatic rings. The molecular weight excluding hydrogens is 108 g/mol. The first-order valence-electron chi connectivity index (χ1n) is 0.612. The van der Waals surface area contributed by atoms with Crippen LogP contribution in [0.4, 0.5) is 0 Å². The summed E-state index contributed by atoms with van der Waals surface area (Å²) in [6.45, 7) is 0. The zero-order chi connectivity index (χ0) is 3.58. The van der Waals surface area contributed by atoms with Crippen molar-refractivity contribution in [2.75, 3.05) is 0 Å². The first kappa shape index (κ1) is 8.90. The minimum absolute atomic E-state index is 0. The summed E-state index contributed by atoms with van der Waals surface area (Å²) in [5, 5.41) is 15.9. The number of hydrogen-bond donors (Lipinski definition) is 0. The monoisotopic (exact) mass is 108 g/mol. The van der Waals surface area contributed by atoms with E-state index in [2.05, 4.69) is 12.2 Å². The second kappa shape index (κ2) is 4.04. The first-order valence-corrected chi connectivity index (χ1v) is 1.02. The van der Waals surface area contributed by atoms with Gasteiger partial charge in [0, 0.05) is 0 Å². The quantitative estimate of drug-likeness (QED) is 0.337. The van der Waals surface area contributed by atoms with Gasteiger partial charge in [-0.3, -0.25) is 0 Å². The molecule has 0 fully saturated rings. The average Bonchev–Trinajstić information content (AvgIpc) is 0.811. The van der Waals surface area contributed by atoms with Gasteiger partial charge in [-0.25, -0.2) is 0 Å². The Hall–Kier alpha value is 0.0400. The molecule has 4 heteroatoms. The molecule has 0 aliphatic carbocycles. The Morgan fingerprint density at radius 1 is 1.40 bits per heavy atom. The van der Waals surface area contributed by atoms with Crippen molar-refractivity contribution >= 4 is 31.0 Å². The Morgan fingerprint density at radius 2 is 1.40 bits per heavy atom. The van der Waals surface area contributed by atoms with Crippen LogP contribution >= 0.6 is 12.2 Å². The van der Waals surface area contributed by atoms with Crippen molar-refractivity contribution in [3.05, 3.63) is 0 Å². The maximum Gasteiger partial charge on any atom is 2.00 e. The maximum absolute atomic E-state index is 8.70. The molecule has 0 bridgehead atoms. The zero-order valence-electron chi connectivity index (χ0n) is 2.13. The summed E-state index contributed by atoms with van der Waals surface area (Å²) in [4.78, 5) is 0.